The number of carbonyl (C=O) groups excluding carboxylic acids is 2. The van der Waals surface area contributed by atoms with Gasteiger partial charge in [0.25, 0.3) is 5.91 Å². The van der Waals surface area contributed by atoms with Crippen LogP contribution in [0.2, 0.25) is 5.02 Å². The van der Waals surface area contributed by atoms with E-state index in [1.54, 1.807) is 9.96 Å². The lowest BCUT2D eigenvalue weighted by Gasteiger charge is -2.32. The van der Waals surface area contributed by atoms with Crippen LogP contribution in [0.1, 0.15) is 60.7 Å². The molecule has 0 radical (unpaired) electrons. The number of rotatable bonds is 6. The number of hydroxylamine groups is 2. The molecule has 1 amide bonds. The van der Waals surface area contributed by atoms with Gasteiger partial charge in [0.1, 0.15) is 5.75 Å². The number of amides is 1. The zero-order valence-electron chi connectivity index (χ0n) is 21.0. The van der Waals surface area contributed by atoms with Crippen LogP contribution < -0.4 is 4.74 Å². The Kier molecular flexibility index (Phi) is 7.76. The van der Waals surface area contributed by atoms with Crippen molar-refractivity contribution in [3.63, 3.8) is 0 Å². The van der Waals surface area contributed by atoms with Gasteiger partial charge in [-0.05, 0) is 80.8 Å². The Morgan fingerprint density at radius 2 is 1.70 bits per heavy atom. The normalized spacial score (nSPS) is 17.2. The average Bonchev–Trinajstić information content (AvgIpc) is 3.10. The van der Waals surface area contributed by atoms with Crippen LogP contribution in [0.4, 0.5) is 13.2 Å². The second kappa shape index (κ2) is 10.5. The van der Waals surface area contributed by atoms with E-state index in [9.17, 15) is 22.8 Å². The second-order valence-corrected chi connectivity index (χ2v) is 11.1. The highest BCUT2D eigenvalue weighted by Crippen LogP contribution is 2.34. The maximum Gasteiger partial charge on any atom is 0.573 e. The average molecular weight is 539 g/mol. The van der Waals surface area contributed by atoms with Crippen LogP contribution in [0.25, 0.3) is 0 Å². The number of hydrogen-bond donors (Lipinski definition) is 0. The summed E-state index contributed by atoms with van der Waals surface area (Å²) in [5, 5.41) is 2.14. The molecule has 10 heteroatoms. The largest absolute Gasteiger partial charge is 0.573 e. The van der Waals surface area contributed by atoms with E-state index in [1.807, 2.05) is 32.9 Å². The lowest BCUT2D eigenvalue weighted by Crippen LogP contribution is -2.39. The van der Waals surface area contributed by atoms with Gasteiger partial charge in [-0.25, -0.2) is 4.79 Å². The van der Waals surface area contributed by atoms with Crippen molar-refractivity contribution in [2.45, 2.75) is 59.5 Å². The summed E-state index contributed by atoms with van der Waals surface area (Å²) in [6, 6.07) is 9.35. The van der Waals surface area contributed by atoms with Gasteiger partial charge in [-0.2, -0.15) is 0 Å². The Hall–Kier alpha value is -2.78. The number of fused-ring (bicyclic) bond motifs is 1. The fourth-order valence-electron chi connectivity index (χ4n) is 4.58. The summed E-state index contributed by atoms with van der Waals surface area (Å²) in [6.07, 6.45) is -2.18. The Balaban J connectivity index is 1.35. The van der Waals surface area contributed by atoms with Gasteiger partial charge in [0.05, 0.1) is 16.0 Å². The number of hydrogen-bond acceptors (Lipinski definition) is 5. The van der Waals surface area contributed by atoms with Gasteiger partial charge in [0, 0.05) is 26.2 Å². The molecule has 200 valence electrons. The predicted molar refractivity (Wildman–Crippen MR) is 132 cm³/mol. The van der Waals surface area contributed by atoms with E-state index < -0.39 is 11.8 Å². The van der Waals surface area contributed by atoms with Crippen molar-refractivity contribution >= 4 is 23.5 Å². The number of halogens is 4. The van der Waals surface area contributed by atoms with E-state index >= 15 is 0 Å². The van der Waals surface area contributed by atoms with Crippen LogP contribution >= 0.6 is 11.6 Å². The van der Waals surface area contributed by atoms with Gasteiger partial charge in [-0.3, -0.25) is 4.79 Å². The Bertz CT molecular complexity index is 1150. The molecule has 2 aliphatic heterocycles. The third-order valence-electron chi connectivity index (χ3n) is 6.55. The van der Waals surface area contributed by atoms with Crippen molar-refractivity contribution in [3.05, 3.63) is 63.7 Å². The number of piperidine rings is 1. The van der Waals surface area contributed by atoms with Crippen LogP contribution in [0.3, 0.4) is 0 Å². The molecule has 4 rings (SSSR count). The molecule has 0 atom stereocenters. The molecule has 2 heterocycles. The lowest BCUT2D eigenvalue weighted by atomic mass is 9.90. The van der Waals surface area contributed by atoms with Gasteiger partial charge >= 0.3 is 12.3 Å². The number of alkyl halides is 3. The Morgan fingerprint density at radius 3 is 2.30 bits per heavy atom. The van der Waals surface area contributed by atoms with Crippen LogP contribution in [-0.4, -0.2) is 41.3 Å². The lowest BCUT2D eigenvalue weighted by molar-refractivity contribution is -0.274. The second-order valence-electron chi connectivity index (χ2n) is 10.7. The highest BCUT2D eigenvalue weighted by molar-refractivity contribution is 6.34. The molecule has 0 N–H and O–H groups in total. The summed E-state index contributed by atoms with van der Waals surface area (Å²) in [5.74, 6) is -0.338. The summed E-state index contributed by atoms with van der Waals surface area (Å²) in [5.41, 5.74) is 2.52. The molecular weight excluding hydrogens is 509 g/mol. The molecule has 0 aromatic heterocycles. The molecule has 2 aromatic carbocycles. The van der Waals surface area contributed by atoms with Crippen LogP contribution in [-0.2, 0) is 29.1 Å². The molecule has 1 saturated heterocycles. The van der Waals surface area contributed by atoms with Gasteiger partial charge < -0.3 is 14.5 Å². The third kappa shape index (κ3) is 6.96. The number of benzene rings is 2. The Morgan fingerprint density at radius 1 is 1.05 bits per heavy atom. The zero-order chi connectivity index (χ0) is 27.0. The quantitative estimate of drug-likeness (QED) is 0.441. The molecule has 0 bridgehead atoms. The van der Waals surface area contributed by atoms with E-state index in [4.69, 9.17) is 16.4 Å². The standard InChI is InChI=1S/C27H30ClF3N2O4/c1-26(2,3)25(35)37-33-10-8-17(9-11-33)12-19-13-20-16-32(24(34)23(20)22(28)14-19)15-18-4-6-21(7-5-18)36-27(29,30)31/h4-7,13-14,17H,8-12,15-16H2,1-3H3. The van der Waals surface area contributed by atoms with Gasteiger partial charge in [0.2, 0.25) is 0 Å². The van der Waals surface area contributed by atoms with Gasteiger partial charge in [-0.1, -0.05) is 29.8 Å². The Labute approximate surface area is 219 Å². The van der Waals surface area contributed by atoms with E-state index in [-0.39, 0.29) is 24.2 Å². The summed E-state index contributed by atoms with van der Waals surface area (Å²) >= 11 is 6.52. The van der Waals surface area contributed by atoms with Gasteiger partial charge in [-0.15, -0.1) is 18.2 Å². The number of nitrogens with zero attached hydrogens (tertiary/aromatic N) is 2. The smallest absolute Gasteiger partial charge is 0.406 e. The highest BCUT2D eigenvalue weighted by Gasteiger charge is 2.33. The number of carbonyl (C=O) groups is 2. The van der Waals surface area contributed by atoms with Crippen molar-refractivity contribution in [3.8, 4) is 5.75 Å². The van der Waals surface area contributed by atoms with E-state index in [1.165, 1.54) is 24.3 Å². The minimum Gasteiger partial charge on any atom is -0.406 e. The summed E-state index contributed by atoms with van der Waals surface area (Å²) < 4.78 is 41.1. The molecule has 0 saturated carbocycles. The van der Waals surface area contributed by atoms with E-state index in [0.717, 1.165) is 30.4 Å². The van der Waals surface area contributed by atoms with Crippen LogP contribution in [0.5, 0.6) is 5.75 Å². The number of ether oxygens (including phenoxy) is 1. The molecule has 6 nitrogen and oxygen atoms in total. The molecule has 37 heavy (non-hydrogen) atoms. The van der Waals surface area contributed by atoms with Crippen molar-refractivity contribution in [2.24, 2.45) is 11.3 Å². The first-order valence-electron chi connectivity index (χ1n) is 12.2. The summed E-state index contributed by atoms with van der Waals surface area (Å²) in [7, 11) is 0. The maximum absolute atomic E-state index is 13.0. The SMILES string of the molecule is CC(C)(C)C(=O)ON1CCC(Cc2cc(Cl)c3c(c2)CN(Cc2ccc(OC(F)(F)F)cc2)C3=O)CC1. The first-order chi connectivity index (χ1) is 17.3. The third-order valence-corrected chi connectivity index (χ3v) is 6.84. The minimum absolute atomic E-state index is 0.198. The molecular formula is C27H30ClF3N2O4. The highest BCUT2D eigenvalue weighted by atomic mass is 35.5. The van der Waals surface area contributed by atoms with Crippen molar-refractivity contribution < 1.29 is 32.3 Å². The minimum atomic E-state index is -4.75. The molecule has 0 unspecified atom stereocenters. The molecule has 0 aliphatic carbocycles. The van der Waals surface area contributed by atoms with E-state index in [0.29, 0.717) is 41.7 Å². The molecule has 2 aromatic rings. The first kappa shape index (κ1) is 27.3. The molecule has 2 aliphatic rings. The molecule has 1 fully saturated rings. The van der Waals surface area contributed by atoms with Crippen LogP contribution in [0, 0.1) is 11.3 Å². The fourth-order valence-corrected chi connectivity index (χ4v) is 4.92. The van der Waals surface area contributed by atoms with Gasteiger partial charge in [0.15, 0.2) is 0 Å². The van der Waals surface area contributed by atoms with Crippen molar-refractivity contribution in [1.29, 1.82) is 0 Å². The fraction of sp³-hybridized carbons (Fsp3) is 0.481. The first-order valence-corrected chi connectivity index (χ1v) is 12.6. The summed E-state index contributed by atoms with van der Waals surface area (Å²) in [6.45, 7) is 7.45. The maximum atomic E-state index is 13.0. The van der Waals surface area contributed by atoms with Crippen molar-refractivity contribution in [2.75, 3.05) is 13.1 Å². The van der Waals surface area contributed by atoms with Crippen molar-refractivity contribution in [1.82, 2.24) is 9.96 Å². The van der Waals surface area contributed by atoms with Crippen LogP contribution in [0.15, 0.2) is 36.4 Å². The topological polar surface area (TPSA) is 59.1 Å². The summed E-state index contributed by atoms with van der Waals surface area (Å²) in [4.78, 5) is 32.3. The zero-order valence-corrected chi connectivity index (χ0v) is 21.8. The molecule has 0 spiro atoms. The predicted octanol–water partition coefficient (Wildman–Crippen LogP) is 6.15. The van der Waals surface area contributed by atoms with E-state index in [2.05, 4.69) is 4.74 Å². The monoisotopic (exact) mass is 538 g/mol.